The molecular weight excluding hydrogens is 321 g/mol. The maximum Gasteiger partial charge on any atom is 0.129 e. The number of nitrogens with two attached hydrogens (primary N) is 1. The van der Waals surface area contributed by atoms with Crippen molar-refractivity contribution in [2.24, 2.45) is 5.73 Å². The van der Waals surface area contributed by atoms with Gasteiger partial charge in [0.05, 0.1) is 0 Å². The summed E-state index contributed by atoms with van der Waals surface area (Å²) in [5.74, 6) is -0.254. The van der Waals surface area contributed by atoms with Gasteiger partial charge in [0.2, 0.25) is 0 Å². The summed E-state index contributed by atoms with van der Waals surface area (Å²) in [4.78, 5) is 1.88. The van der Waals surface area contributed by atoms with Crippen LogP contribution in [0.25, 0.3) is 0 Å². The minimum atomic E-state index is -0.258. The molecule has 0 saturated carbocycles. The Balaban J connectivity index is 2.28. The first-order valence-corrected chi connectivity index (χ1v) is 6.87. The zero-order valence-electron chi connectivity index (χ0n) is 11.0. The van der Waals surface area contributed by atoms with Crippen LogP contribution in [0.3, 0.4) is 0 Å². The van der Waals surface area contributed by atoms with E-state index in [1.807, 2.05) is 36.2 Å². The molecule has 20 heavy (non-hydrogen) atoms. The van der Waals surface area contributed by atoms with Crippen LogP contribution in [0, 0.1) is 11.2 Å². The van der Waals surface area contributed by atoms with Crippen LogP contribution in [0.4, 0.5) is 10.1 Å². The molecule has 0 heterocycles. The highest BCUT2D eigenvalue weighted by Crippen LogP contribution is 2.22. The van der Waals surface area contributed by atoms with Crippen molar-refractivity contribution >= 4 is 27.5 Å². The van der Waals surface area contributed by atoms with Gasteiger partial charge in [0.15, 0.2) is 0 Å². The van der Waals surface area contributed by atoms with Crippen molar-refractivity contribution in [3.8, 4) is 0 Å². The van der Waals surface area contributed by atoms with E-state index in [-0.39, 0.29) is 11.7 Å². The van der Waals surface area contributed by atoms with Crippen molar-refractivity contribution in [3.63, 3.8) is 0 Å². The summed E-state index contributed by atoms with van der Waals surface area (Å²) in [6.45, 7) is 0.406. The maximum atomic E-state index is 13.9. The van der Waals surface area contributed by atoms with Gasteiger partial charge < -0.3 is 10.6 Å². The van der Waals surface area contributed by atoms with E-state index in [0.717, 1.165) is 5.69 Å². The molecule has 2 rings (SSSR count). The minimum Gasteiger partial charge on any atom is -0.384 e. The van der Waals surface area contributed by atoms with E-state index in [1.54, 1.807) is 12.1 Å². The molecule has 5 heteroatoms. The second-order valence-electron chi connectivity index (χ2n) is 4.52. The van der Waals surface area contributed by atoms with E-state index in [0.29, 0.717) is 22.1 Å². The summed E-state index contributed by atoms with van der Waals surface area (Å²) >= 11 is 3.24. The third-order valence-electron chi connectivity index (χ3n) is 3.03. The number of rotatable bonds is 4. The summed E-state index contributed by atoms with van der Waals surface area (Å²) in [7, 11) is 1.85. The Morgan fingerprint density at radius 1 is 1.30 bits per heavy atom. The molecule has 0 atom stereocenters. The van der Waals surface area contributed by atoms with Gasteiger partial charge in [-0.15, -0.1) is 0 Å². The van der Waals surface area contributed by atoms with Crippen molar-refractivity contribution in [2.45, 2.75) is 6.54 Å². The van der Waals surface area contributed by atoms with Crippen molar-refractivity contribution in [1.29, 1.82) is 5.41 Å². The Labute approximate surface area is 125 Å². The van der Waals surface area contributed by atoms with Gasteiger partial charge in [-0.2, -0.15) is 0 Å². The number of benzene rings is 2. The summed E-state index contributed by atoms with van der Waals surface area (Å²) in [5, 5.41) is 7.59. The van der Waals surface area contributed by atoms with Crippen LogP contribution >= 0.6 is 15.9 Å². The standard InChI is InChI=1S/C15H15BrFN3/c1-20(9-10-6-7-11(16)8-13(10)17)14-5-3-2-4-12(14)15(18)19/h2-8H,9H2,1H3,(H3,18,19). The smallest absolute Gasteiger partial charge is 0.129 e. The molecular formula is C15H15BrFN3. The summed E-state index contributed by atoms with van der Waals surface area (Å²) in [6.07, 6.45) is 0. The predicted molar refractivity (Wildman–Crippen MR) is 83.7 cm³/mol. The molecule has 0 aliphatic heterocycles. The molecule has 0 aliphatic carbocycles. The van der Waals surface area contributed by atoms with Gasteiger partial charge in [-0.25, -0.2) is 4.39 Å². The van der Waals surface area contributed by atoms with Crippen LogP contribution in [0.1, 0.15) is 11.1 Å². The molecule has 0 aromatic heterocycles. The van der Waals surface area contributed by atoms with Gasteiger partial charge >= 0.3 is 0 Å². The van der Waals surface area contributed by atoms with E-state index in [4.69, 9.17) is 11.1 Å². The molecule has 0 fully saturated rings. The van der Waals surface area contributed by atoms with Gasteiger partial charge in [-0.05, 0) is 24.3 Å². The van der Waals surface area contributed by atoms with E-state index < -0.39 is 0 Å². The average Bonchev–Trinajstić information content (AvgIpc) is 2.41. The molecule has 2 aromatic carbocycles. The number of nitrogens with zero attached hydrogens (tertiary/aromatic N) is 1. The topological polar surface area (TPSA) is 53.1 Å². The number of nitrogens with one attached hydrogen (secondary N) is 1. The maximum absolute atomic E-state index is 13.9. The molecule has 0 amide bonds. The lowest BCUT2D eigenvalue weighted by atomic mass is 10.1. The highest BCUT2D eigenvalue weighted by atomic mass is 79.9. The van der Waals surface area contributed by atoms with Crippen LogP contribution in [0.15, 0.2) is 46.9 Å². The Kier molecular flexibility index (Phi) is 4.39. The first-order valence-electron chi connectivity index (χ1n) is 6.07. The zero-order valence-corrected chi connectivity index (χ0v) is 12.6. The van der Waals surface area contributed by atoms with E-state index in [9.17, 15) is 4.39 Å². The second kappa shape index (κ2) is 6.05. The quantitative estimate of drug-likeness (QED) is 0.663. The van der Waals surface area contributed by atoms with Crippen LogP contribution in [0.2, 0.25) is 0 Å². The van der Waals surface area contributed by atoms with E-state index >= 15 is 0 Å². The van der Waals surface area contributed by atoms with Gasteiger partial charge in [-0.1, -0.05) is 34.1 Å². The Hall–Kier alpha value is -1.88. The van der Waals surface area contributed by atoms with Crippen molar-refractivity contribution in [3.05, 3.63) is 63.9 Å². The third-order valence-corrected chi connectivity index (χ3v) is 3.52. The Morgan fingerprint density at radius 3 is 2.65 bits per heavy atom. The van der Waals surface area contributed by atoms with Gasteiger partial charge in [0.25, 0.3) is 0 Å². The normalized spacial score (nSPS) is 10.3. The fraction of sp³-hybridized carbons (Fsp3) is 0.133. The number of halogens is 2. The molecule has 104 valence electrons. The molecule has 0 spiro atoms. The summed E-state index contributed by atoms with van der Waals surface area (Å²) in [5.41, 5.74) is 7.62. The molecule has 0 radical (unpaired) electrons. The van der Waals surface area contributed by atoms with Crippen LogP contribution in [0.5, 0.6) is 0 Å². The number of amidine groups is 1. The first kappa shape index (κ1) is 14.5. The SMILES string of the molecule is CN(Cc1ccc(Br)cc1F)c1ccccc1C(=N)N. The third kappa shape index (κ3) is 3.17. The molecule has 3 N–H and O–H groups in total. The summed E-state index contributed by atoms with van der Waals surface area (Å²) in [6, 6.07) is 12.3. The van der Waals surface area contributed by atoms with Gasteiger partial charge in [-0.3, -0.25) is 5.41 Å². The second-order valence-corrected chi connectivity index (χ2v) is 5.44. The number of anilines is 1. The lowest BCUT2D eigenvalue weighted by Crippen LogP contribution is -2.22. The number of para-hydroxylation sites is 1. The monoisotopic (exact) mass is 335 g/mol. The molecule has 0 unspecified atom stereocenters. The van der Waals surface area contributed by atoms with Crippen molar-refractivity contribution in [1.82, 2.24) is 0 Å². The zero-order chi connectivity index (χ0) is 14.7. The van der Waals surface area contributed by atoms with E-state index in [2.05, 4.69) is 15.9 Å². The molecule has 2 aromatic rings. The Morgan fingerprint density at radius 2 is 2.00 bits per heavy atom. The lowest BCUT2D eigenvalue weighted by molar-refractivity contribution is 0.607. The minimum absolute atomic E-state index is 0.00345. The predicted octanol–water partition coefficient (Wildman–Crippen LogP) is 3.51. The number of hydrogen-bond donors (Lipinski definition) is 2. The largest absolute Gasteiger partial charge is 0.384 e. The fourth-order valence-corrected chi connectivity index (χ4v) is 2.36. The fourth-order valence-electron chi connectivity index (χ4n) is 2.02. The average molecular weight is 336 g/mol. The van der Waals surface area contributed by atoms with Crippen LogP contribution in [-0.2, 0) is 6.54 Å². The highest BCUT2D eigenvalue weighted by Gasteiger charge is 2.11. The molecule has 3 nitrogen and oxygen atoms in total. The highest BCUT2D eigenvalue weighted by molar-refractivity contribution is 9.10. The van der Waals surface area contributed by atoms with Crippen molar-refractivity contribution in [2.75, 3.05) is 11.9 Å². The van der Waals surface area contributed by atoms with Crippen LogP contribution < -0.4 is 10.6 Å². The molecule has 0 aliphatic rings. The molecule has 0 bridgehead atoms. The number of hydrogen-bond acceptors (Lipinski definition) is 2. The summed E-state index contributed by atoms with van der Waals surface area (Å²) < 4.78 is 14.6. The lowest BCUT2D eigenvalue weighted by Gasteiger charge is -2.22. The van der Waals surface area contributed by atoms with E-state index in [1.165, 1.54) is 6.07 Å². The molecule has 0 saturated heterocycles. The van der Waals surface area contributed by atoms with Crippen LogP contribution in [-0.4, -0.2) is 12.9 Å². The van der Waals surface area contributed by atoms with Gasteiger partial charge in [0, 0.05) is 34.9 Å². The van der Waals surface area contributed by atoms with Crippen molar-refractivity contribution < 1.29 is 4.39 Å². The first-order chi connectivity index (χ1) is 9.49. The number of nitrogen functional groups attached to an aromatic ring is 1. The Bertz CT molecular complexity index is 643. The van der Waals surface area contributed by atoms with Gasteiger partial charge in [0.1, 0.15) is 11.7 Å².